The van der Waals surface area contributed by atoms with Crippen LogP contribution in [-0.4, -0.2) is 63.9 Å². The number of rotatable bonds is 3. The molecular weight excluding hydrogens is 416 g/mol. The second-order valence-corrected chi connectivity index (χ2v) is 8.95. The van der Waals surface area contributed by atoms with Gasteiger partial charge < -0.3 is 14.5 Å². The van der Waals surface area contributed by atoms with Gasteiger partial charge in [-0.2, -0.15) is 0 Å². The van der Waals surface area contributed by atoms with Crippen LogP contribution < -0.4 is 4.74 Å². The van der Waals surface area contributed by atoms with Crippen molar-refractivity contribution in [2.45, 2.75) is 63.8 Å². The van der Waals surface area contributed by atoms with Gasteiger partial charge in [-0.05, 0) is 62.6 Å². The van der Waals surface area contributed by atoms with Gasteiger partial charge in [0.1, 0.15) is 12.4 Å². The van der Waals surface area contributed by atoms with Crippen LogP contribution in [0, 0.1) is 0 Å². The average Bonchev–Trinajstić information content (AvgIpc) is 2.86. The van der Waals surface area contributed by atoms with Gasteiger partial charge in [-0.15, -0.1) is 0 Å². The molecule has 2 bridgehead atoms. The Hall–Kier alpha value is -2.96. The summed E-state index contributed by atoms with van der Waals surface area (Å²) in [7, 11) is 0. The standard InChI is InChI=1S/C26H34N4O3/c31-25(12-10-22-20-27-13-14-28-22)29-15-4-8-26(32)30-16-2-1-6-23(30)11-9-21-5-3-7-24(19-21)33-18-17-29/h3,5,7,13-14,19-20,23H,1-2,4,6,8-12,15-18H2. The van der Waals surface area contributed by atoms with E-state index in [0.29, 0.717) is 51.4 Å². The third-order valence-electron chi connectivity index (χ3n) is 6.63. The number of hydrogen-bond donors (Lipinski definition) is 0. The molecule has 0 aliphatic carbocycles. The quantitative estimate of drug-likeness (QED) is 0.716. The average molecular weight is 451 g/mol. The predicted octanol–water partition coefficient (Wildman–Crippen LogP) is 3.42. The normalized spacial score (nSPS) is 20.2. The van der Waals surface area contributed by atoms with E-state index in [1.165, 1.54) is 12.0 Å². The van der Waals surface area contributed by atoms with Crippen molar-refractivity contribution in [3.05, 3.63) is 54.1 Å². The summed E-state index contributed by atoms with van der Waals surface area (Å²) < 4.78 is 6.00. The summed E-state index contributed by atoms with van der Waals surface area (Å²) >= 11 is 0. The number of carbonyl (C=O) groups excluding carboxylic acids is 2. The van der Waals surface area contributed by atoms with Crippen molar-refractivity contribution in [3.8, 4) is 5.75 Å². The van der Waals surface area contributed by atoms with Crippen LogP contribution in [0.3, 0.4) is 0 Å². The van der Waals surface area contributed by atoms with Crippen molar-refractivity contribution >= 4 is 11.8 Å². The lowest BCUT2D eigenvalue weighted by Crippen LogP contribution is -2.44. The fraction of sp³-hybridized carbons (Fsp3) is 0.538. The van der Waals surface area contributed by atoms with Gasteiger partial charge in [0.2, 0.25) is 11.8 Å². The van der Waals surface area contributed by atoms with Crippen LogP contribution in [0.25, 0.3) is 0 Å². The van der Waals surface area contributed by atoms with Crippen LogP contribution in [0.15, 0.2) is 42.9 Å². The molecule has 0 spiro atoms. The number of piperidine rings is 1. The molecule has 1 aromatic heterocycles. The number of nitrogens with zero attached hydrogens (tertiary/aromatic N) is 4. The molecule has 2 amide bonds. The van der Waals surface area contributed by atoms with Crippen molar-refractivity contribution in [1.82, 2.24) is 19.8 Å². The van der Waals surface area contributed by atoms with Crippen LogP contribution in [0.5, 0.6) is 5.75 Å². The molecule has 1 unspecified atom stereocenters. The van der Waals surface area contributed by atoms with Crippen LogP contribution in [-0.2, 0) is 22.4 Å². The molecule has 2 aromatic rings. The number of aromatic nitrogens is 2. The molecule has 0 N–H and O–H groups in total. The maximum absolute atomic E-state index is 13.0. The van der Waals surface area contributed by atoms with Gasteiger partial charge in [-0.3, -0.25) is 19.6 Å². The maximum atomic E-state index is 13.0. The van der Waals surface area contributed by atoms with E-state index in [-0.39, 0.29) is 11.8 Å². The predicted molar refractivity (Wildman–Crippen MR) is 126 cm³/mol. The lowest BCUT2D eigenvalue weighted by atomic mass is 9.95. The van der Waals surface area contributed by atoms with Gasteiger partial charge in [-0.1, -0.05) is 12.1 Å². The Labute approximate surface area is 196 Å². The fourth-order valence-electron chi connectivity index (χ4n) is 4.80. The molecule has 1 saturated heterocycles. The third-order valence-corrected chi connectivity index (χ3v) is 6.63. The minimum absolute atomic E-state index is 0.0608. The maximum Gasteiger partial charge on any atom is 0.223 e. The summed E-state index contributed by atoms with van der Waals surface area (Å²) in [6, 6.07) is 8.52. The summed E-state index contributed by atoms with van der Waals surface area (Å²) in [5.41, 5.74) is 2.04. The highest BCUT2D eigenvalue weighted by atomic mass is 16.5. The van der Waals surface area contributed by atoms with E-state index in [1.54, 1.807) is 18.6 Å². The molecule has 3 heterocycles. The van der Waals surface area contributed by atoms with Crippen LogP contribution >= 0.6 is 0 Å². The number of amides is 2. The van der Waals surface area contributed by atoms with Crippen LogP contribution in [0.4, 0.5) is 0 Å². The highest BCUT2D eigenvalue weighted by molar-refractivity contribution is 5.77. The SMILES string of the molecule is O=C(CCc1cnccn1)N1CCCC(=O)N2CCCCC2CCc2cccc(c2)OCC1. The van der Waals surface area contributed by atoms with Crippen LogP contribution in [0.1, 0.15) is 56.2 Å². The molecule has 33 heavy (non-hydrogen) atoms. The van der Waals surface area contributed by atoms with Gasteiger partial charge >= 0.3 is 0 Å². The van der Waals surface area contributed by atoms with E-state index < -0.39 is 0 Å². The third kappa shape index (κ3) is 6.76. The summed E-state index contributed by atoms with van der Waals surface area (Å²) in [6.07, 6.45) is 12.3. The van der Waals surface area contributed by atoms with Crippen molar-refractivity contribution in [1.29, 1.82) is 0 Å². The van der Waals surface area contributed by atoms with Gasteiger partial charge in [0.05, 0.1) is 12.2 Å². The Morgan fingerprint density at radius 3 is 2.88 bits per heavy atom. The largest absolute Gasteiger partial charge is 0.492 e. The number of ether oxygens (including phenoxy) is 1. The monoisotopic (exact) mass is 450 g/mol. The smallest absolute Gasteiger partial charge is 0.223 e. The van der Waals surface area contributed by atoms with Gasteiger partial charge in [0.25, 0.3) is 0 Å². The summed E-state index contributed by atoms with van der Waals surface area (Å²) in [6.45, 7) is 2.35. The van der Waals surface area contributed by atoms with Crippen LogP contribution in [0.2, 0.25) is 0 Å². The first-order chi connectivity index (χ1) is 16.2. The Kier molecular flexibility index (Phi) is 8.28. The zero-order valence-corrected chi connectivity index (χ0v) is 19.3. The van der Waals surface area contributed by atoms with E-state index in [9.17, 15) is 9.59 Å². The summed E-state index contributed by atoms with van der Waals surface area (Å²) in [5.74, 6) is 1.13. The second-order valence-electron chi connectivity index (χ2n) is 8.95. The molecule has 0 saturated carbocycles. The second kappa shape index (κ2) is 11.8. The van der Waals surface area contributed by atoms with E-state index in [1.807, 2.05) is 17.0 Å². The van der Waals surface area contributed by atoms with E-state index >= 15 is 0 Å². The number of benzene rings is 1. The Morgan fingerprint density at radius 2 is 2.00 bits per heavy atom. The lowest BCUT2D eigenvalue weighted by Gasteiger charge is -2.36. The van der Waals surface area contributed by atoms with Crippen molar-refractivity contribution in [3.63, 3.8) is 0 Å². The summed E-state index contributed by atoms with van der Waals surface area (Å²) in [5, 5.41) is 0. The van der Waals surface area contributed by atoms with Gasteiger partial charge in [0, 0.05) is 50.6 Å². The minimum Gasteiger partial charge on any atom is -0.492 e. The molecule has 2 aliphatic heterocycles. The zero-order chi connectivity index (χ0) is 22.9. The minimum atomic E-state index is 0.0608. The molecule has 0 radical (unpaired) electrons. The van der Waals surface area contributed by atoms with E-state index in [4.69, 9.17) is 4.74 Å². The van der Waals surface area contributed by atoms with E-state index in [2.05, 4.69) is 27.0 Å². The Bertz CT molecular complexity index is 921. The molecular formula is C26H34N4O3. The first-order valence-electron chi connectivity index (χ1n) is 12.2. The number of fused-ring (bicyclic) bond motifs is 3. The number of carbonyl (C=O) groups is 2. The number of hydrogen-bond acceptors (Lipinski definition) is 5. The number of aryl methyl sites for hydroxylation is 2. The Morgan fingerprint density at radius 1 is 1.06 bits per heavy atom. The molecule has 1 atom stereocenters. The van der Waals surface area contributed by atoms with Gasteiger partial charge in [0.15, 0.2) is 0 Å². The van der Waals surface area contributed by atoms with Crippen molar-refractivity contribution < 1.29 is 14.3 Å². The molecule has 1 fully saturated rings. The lowest BCUT2D eigenvalue weighted by molar-refractivity contribution is -0.136. The molecule has 176 valence electrons. The molecule has 7 nitrogen and oxygen atoms in total. The van der Waals surface area contributed by atoms with Gasteiger partial charge in [-0.25, -0.2) is 0 Å². The fourth-order valence-corrected chi connectivity index (χ4v) is 4.80. The molecule has 1 aromatic carbocycles. The topological polar surface area (TPSA) is 75.6 Å². The molecule has 2 aliphatic rings. The van der Waals surface area contributed by atoms with E-state index in [0.717, 1.165) is 43.7 Å². The highest BCUT2D eigenvalue weighted by Crippen LogP contribution is 2.24. The van der Waals surface area contributed by atoms with Crippen molar-refractivity contribution in [2.24, 2.45) is 0 Å². The summed E-state index contributed by atoms with van der Waals surface area (Å²) in [4.78, 5) is 38.3. The molecule has 4 rings (SSSR count). The zero-order valence-electron chi connectivity index (χ0n) is 19.3. The first-order valence-corrected chi connectivity index (χ1v) is 12.2. The van der Waals surface area contributed by atoms with Crippen molar-refractivity contribution in [2.75, 3.05) is 26.2 Å². The Balaban J connectivity index is 1.44. The molecule has 7 heteroatoms. The highest BCUT2D eigenvalue weighted by Gasteiger charge is 2.26. The first kappa shape index (κ1) is 23.2.